The molecule has 3 aromatic rings. The molecule has 3 rings (SSSR count). The van der Waals surface area contributed by atoms with Gasteiger partial charge in [0.15, 0.2) is 0 Å². The van der Waals surface area contributed by atoms with Gasteiger partial charge in [-0.2, -0.15) is 0 Å². The average molecular weight is 395 g/mol. The second-order valence-electron chi connectivity index (χ2n) is 6.51. The van der Waals surface area contributed by atoms with Crippen molar-refractivity contribution in [1.29, 1.82) is 0 Å². The molecule has 0 fully saturated rings. The lowest BCUT2D eigenvalue weighted by Crippen LogP contribution is -2.17. The third kappa shape index (κ3) is 3.81. The van der Waals surface area contributed by atoms with Crippen molar-refractivity contribution in [1.82, 2.24) is 9.78 Å². The first-order valence-corrected chi connectivity index (χ1v) is 8.55. The minimum Gasteiger partial charge on any atom is -0.295 e. The molecule has 0 amide bonds. The van der Waals surface area contributed by atoms with Crippen LogP contribution in [0.25, 0.3) is 5.69 Å². The molecule has 148 valence electrons. The number of nitrogens with zero attached hydrogens (tertiary/aromatic N) is 4. The van der Waals surface area contributed by atoms with Crippen LogP contribution in [0.4, 0.5) is 17.1 Å². The smallest absolute Gasteiger partial charge is 0.295 e. The Morgan fingerprint density at radius 2 is 1.66 bits per heavy atom. The minimum atomic E-state index is -0.842. The van der Waals surface area contributed by atoms with Crippen LogP contribution < -0.4 is 5.56 Å². The summed E-state index contributed by atoms with van der Waals surface area (Å²) in [7, 11) is 0. The second-order valence-corrected chi connectivity index (χ2v) is 6.51. The monoisotopic (exact) mass is 395 g/mol. The number of aryl methyl sites for hydroxylation is 3. The van der Waals surface area contributed by atoms with Gasteiger partial charge in [-0.25, -0.2) is 4.68 Å². The Bertz CT molecular complexity index is 1220. The summed E-state index contributed by atoms with van der Waals surface area (Å²) < 4.78 is 1.39. The topological polar surface area (TPSA) is 136 Å². The highest BCUT2D eigenvalue weighted by atomic mass is 16.6. The van der Waals surface area contributed by atoms with Gasteiger partial charge in [0, 0.05) is 24.0 Å². The molecule has 1 aromatic heterocycles. The largest absolute Gasteiger partial charge is 0.348 e. The van der Waals surface area contributed by atoms with Gasteiger partial charge in [0.2, 0.25) is 0 Å². The standard InChI is InChI=1S/C19H17N5O5/c1-11-4-6-15(8-12(11)2)22-19(25)16(13(3)21-22)10-20-14-5-7-17(23(26)27)18(9-14)24(28)29/h4-10,21H,1-3H3. The molecule has 29 heavy (non-hydrogen) atoms. The zero-order valence-electron chi connectivity index (χ0n) is 15.9. The Morgan fingerprint density at radius 1 is 0.966 bits per heavy atom. The number of nitrogens with one attached hydrogen (secondary N) is 1. The van der Waals surface area contributed by atoms with Crippen LogP contribution in [0.5, 0.6) is 0 Å². The minimum absolute atomic E-state index is 0.125. The van der Waals surface area contributed by atoms with E-state index >= 15 is 0 Å². The van der Waals surface area contributed by atoms with Crippen LogP contribution in [-0.4, -0.2) is 25.8 Å². The fraction of sp³-hybridized carbons (Fsp3) is 0.158. The van der Waals surface area contributed by atoms with E-state index in [-0.39, 0.29) is 16.8 Å². The van der Waals surface area contributed by atoms with Crippen LogP contribution in [0.15, 0.2) is 46.2 Å². The quantitative estimate of drug-likeness (QED) is 0.399. The van der Waals surface area contributed by atoms with E-state index in [1.54, 1.807) is 6.92 Å². The van der Waals surface area contributed by atoms with Crippen molar-refractivity contribution in [3.8, 4) is 5.69 Å². The number of aromatic nitrogens is 2. The number of aromatic amines is 1. The van der Waals surface area contributed by atoms with Crippen LogP contribution in [0.2, 0.25) is 0 Å². The molecule has 0 saturated heterocycles. The Labute approximate surface area is 164 Å². The number of H-pyrrole nitrogens is 1. The molecule has 1 heterocycles. The summed E-state index contributed by atoms with van der Waals surface area (Å²) in [6, 6.07) is 8.91. The highest BCUT2D eigenvalue weighted by molar-refractivity contribution is 5.83. The van der Waals surface area contributed by atoms with E-state index in [0.717, 1.165) is 23.3 Å². The summed E-state index contributed by atoms with van der Waals surface area (Å²) in [4.78, 5) is 37.2. The molecule has 1 N–H and O–H groups in total. The molecule has 0 radical (unpaired) electrons. The molecule has 0 saturated carbocycles. The highest BCUT2D eigenvalue weighted by Crippen LogP contribution is 2.30. The predicted octanol–water partition coefficient (Wildman–Crippen LogP) is 3.66. The van der Waals surface area contributed by atoms with Gasteiger partial charge < -0.3 is 0 Å². The number of nitro groups is 2. The normalized spacial score (nSPS) is 11.1. The molecular formula is C19H17N5O5. The Hall–Kier alpha value is -4.08. The average Bonchev–Trinajstić information content (AvgIpc) is 2.95. The molecule has 0 bridgehead atoms. The Morgan fingerprint density at radius 3 is 2.28 bits per heavy atom. The molecule has 2 aromatic carbocycles. The lowest BCUT2D eigenvalue weighted by atomic mass is 10.1. The van der Waals surface area contributed by atoms with E-state index in [2.05, 4.69) is 10.1 Å². The van der Waals surface area contributed by atoms with E-state index < -0.39 is 21.2 Å². The van der Waals surface area contributed by atoms with Gasteiger partial charge in [-0.05, 0) is 50.1 Å². The zero-order chi connectivity index (χ0) is 21.3. The summed E-state index contributed by atoms with van der Waals surface area (Å²) in [6.45, 7) is 5.63. The van der Waals surface area contributed by atoms with Crippen LogP contribution in [-0.2, 0) is 0 Å². The number of nitro benzene ring substituents is 2. The van der Waals surface area contributed by atoms with Crippen molar-refractivity contribution < 1.29 is 9.85 Å². The SMILES string of the molecule is Cc1ccc(-n2[nH]c(C)c(C=Nc3ccc([N+](=O)[O-])c([N+](=O)[O-])c3)c2=O)cc1C. The molecule has 10 nitrogen and oxygen atoms in total. The van der Waals surface area contributed by atoms with Crippen molar-refractivity contribution in [2.75, 3.05) is 0 Å². The van der Waals surface area contributed by atoms with Crippen LogP contribution in [0.3, 0.4) is 0 Å². The van der Waals surface area contributed by atoms with Gasteiger partial charge in [-0.3, -0.25) is 35.1 Å². The van der Waals surface area contributed by atoms with Crippen molar-refractivity contribution >= 4 is 23.3 Å². The number of rotatable bonds is 5. The van der Waals surface area contributed by atoms with E-state index in [0.29, 0.717) is 11.4 Å². The van der Waals surface area contributed by atoms with Crippen LogP contribution in [0, 0.1) is 41.0 Å². The van der Waals surface area contributed by atoms with Crippen LogP contribution in [0.1, 0.15) is 22.4 Å². The summed E-state index contributed by atoms with van der Waals surface area (Å²) in [5, 5.41) is 24.9. The summed E-state index contributed by atoms with van der Waals surface area (Å²) >= 11 is 0. The lowest BCUT2D eigenvalue weighted by molar-refractivity contribution is -0.422. The molecule has 0 aliphatic rings. The Kier molecular flexibility index (Phi) is 5.09. The van der Waals surface area contributed by atoms with E-state index in [1.165, 1.54) is 17.0 Å². The molecule has 0 aliphatic carbocycles. The predicted molar refractivity (Wildman–Crippen MR) is 108 cm³/mol. The van der Waals surface area contributed by atoms with E-state index in [1.807, 2.05) is 32.0 Å². The summed E-state index contributed by atoms with van der Waals surface area (Å²) in [6.07, 6.45) is 1.29. The maximum atomic E-state index is 12.8. The fourth-order valence-corrected chi connectivity index (χ4v) is 2.79. The van der Waals surface area contributed by atoms with Gasteiger partial charge >= 0.3 is 11.4 Å². The van der Waals surface area contributed by atoms with Crippen molar-refractivity contribution in [3.05, 3.63) is 89.4 Å². The first-order valence-electron chi connectivity index (χ1n) is 8.55. The van der Waals surface area contributed by atoms with Gasteiger partial charge in [0.05, 0.1) is 26.8 Å². The van der Waals surface area contributed by atoms with Gasteiger partial charge in [-0.15, -0.1) is 0 Å². The molecular weight excluding hydrogens is 378 g/mol. The maximum absolute atomic E-state index is 12.8. The first kappa shape index (κ1) is 19.7. The van der Waals surface area contributed by atoms with E-state index in [9.17, 15) is 25.0 Å². The van der Waals surface area contributed by atoms with Gasteiger partial charge in [-0.1, -0.05) is 6.07 Å². The fourth-order valence-electron chi connectivity index (χ4n) is 2.79. The number of benzene rings is 2. The third-order valence-corrected chi connectivity index (χ3v) is 4.56. The number of aliphatic imine (C=N–C) groups is 1. The summed E-state index contributed by atoms with van der Waals surface area (Å²) in [5.74, 6) is 0. The molecule has 0 aliphatic heterocycles. The molecule has 0 spiro atoms. The van der Waals surface area contributed by atoms with Crippen molar-refractivity contribution in [2.45, 2.75) is 20.8 Å². The molecule has 0 atom stereocenters. The Balaban J connectivity index is 2.00. The number of hydrogen-bond acceptors (Lipinski definition) is 6. The van der Waals surface area contributed by atoms with Gasteiger partial charge in [0.1, 0.15) is 0 Å². The van der Waals surface area contributed by atoms with Gasteiger partial charge in [0.25, 0.3) is 5.56 Å². The summed E-state index contributed by atoms with van der Waals surface area (Å²) in [5.41, 5.74) is 2.17. The zero-order valence-corrected chi connectivity index (χ0v) is 15.9. The van der Waals surface area contributed by atoms with E-state index in [4.69, 9.17) is 0 Å². The first-order chi connectivity index (χ1) is 13.7. The highest BCUT2D eigenvalue weighted by Gasteiger charge is 2.24. The van der Waals surface area contributed by atoms with Crippen molar-refractivity contribution in [2.24, 2.45) is 4.99 Å². The van der Waals surface area contributed by atoms with Crippen molar-refractivity contribution in [3.63, 3.8) is 0 Å². The second kappa shape index (κ2) is 7.50. The number of hydrogen-bond donors (Lipinski definition) is 1. The lowest BCUT2D eigenvalue weighted by Gasteiger charge is -2.05. The maximum Gasteiger partial charge on any atom is 0.348 e. The molecule has 10 heteroatoms. The third-order valence-electron chi connectivity index (χ3n) is 4.56. The van der Waals surface area contributed by atoms with Crippen LogP contribution >= 0.6 is 0 Å². The molecule has 0 unspecified atom stereocenters.